The quantitative estimate of drug-likeness (QED) is 0.397. The number of methoxy groups -OCH3 is 2. The highest BCUT2D eigenvalue weighted by atomic mass is 32.2. The van der Waals surface area contributed by atoms with Crippen LogP contribution in [0, 0.1) is 0 Å². The number of nitrogens with one attached hydrogen (secondary N) is 1. The summed E-state index contributed by atoms with van der Waals surface area (Å²) in [6, 6.07) is 14.1. The van der Waals surface area contributed by atoms with Crippen LogP contribution < -0.4 is 15.0 Å². The van der Waals surface area contributed by atoms with Crippen LogP contribution in [0.15, 0.2) is 52.3 Å². The third kappa shape index (κ3) is 4.94. The largest absolute Gasteiger partial charge is 0.493 e. The van der Waals surface area contributed by atoms with Crippen LogP contribution in [0.5, 0.6) is 11.5 Å². The second-order valence-electron chi connectivity index (χ2n) is 6.27. The molecule has 0 atom stereocenters. The highest BCUT2D eigenvalue weighted by Gasteiger charge is 2.26. The molecule has 1 heterocycles. The number of hydrogen-bond acceptors (Lipinski definition) is 7. The molecule has 3 rings (SSSR count). The summed E-state index contributed by atoms with van der Waals surface area (Å²) in [6.07, 6.45) is 2.14. The Morgan fingerprint density at radius 1 is 1.11 bits per heavy atom. The Bertz CT molecular complexity index is 796. The van der Waals surface area contributed by atoms with Gasteiger partial charge >= 0.3 is 0 Å². The van der Waals surface area contributed by atoms with Gasteiger partial charge in [0.15, 0.2) is 11.5 Å². The van der Waals surface area contributed by atoms with Gasteiger partial charge in [-0.1, -0.05) is 18.2 Å². The molecule has 2 N–H and O–H groups in total. The molecule has 8 heteroatoms. The van der Waals surface area contributed by atoms with E-state index < -0.39 is 5.91 Å². The third-order valence-corrected chi connectivity index (χ3v) is 7.02. The van der Waals surface area contributed by atoms with Crippen LogP contribution >= 0.6 is 23.7 Å². The highest BCUT2D eigenvalue weighted by molar-refractivity contribution is 8.00. The number of thioether (sulfide) groups is 1. The molecule has 1 aliphatic rings. The Labute approximate surface area is 173 Å². The number of ether oxygens (including phenoxy) is 2. The van der Waals surface area contributed by atoms with Crippen molar-refractivity contribution in [3.8, 4) is 11.5 Å². The number of piperidine rings is 1. The van der Waals surface area contributed by atoms with Crippen LogP contribution in [0.2, 0.25) is 0 Å². The van der Waals surface area contributed by atoms with Crippen LogP contribution in [-0.4, -0.2) is 48.0 Å². The first-order chi connectivity index (χ1) is 13.7. The molecule has 0 saturated carbocycles. The maximum Gasteiger partial charge on any atom is 0.279 e. The van der Waals surface area contributed by atoms with E-state index in [2.05, 4.69) is 28.6 Å². The summed E-state index contributed by atoms with van der Waals surface area (Å²) in [7, 11) is 2.99. The Kier molecular flexibility index (Phi) is 7.50. The number of benzene rings is 2. The molecular formula is C20H24N2O4S2. The molecule has 0 aromatic heterocycles. The van der Waals surface area contributed by atoms with Gasteiger partial charge in [0.05, 0.1) is 14.2 Å². The molecule has 0 spiro atoms. The minimum atomic E-state index is -0.618. The summed E-state index contributed by atoms with van der Waals surface area (Å²) in [6.45, 7) is 1.84. The second-order valence-corrected chi connectivity index (χ2v) is 8.78. The molecule has 0 unspecified atom stereocenters. The number of hydrogen-bond donors (Lipinski definition) is 2. The van der Waals surface area contributed by atoms with E-state index in [1.807, 2.05) is 23.9 Å². The van der Waals surface area contributed by atoms with Gasteiger partial charge in [0.1, 0.15) is 5.56 Å². The van der Waals surface area contributed by atoms with E-state index in [0.29, 0.717) is 16.7 Å². The molecule has 0 aliphatic carbocycles. The lowest BCUT2D eigenvalue weighted by Gasteiger charge is -2.31. The molecule has 28 heavy (non-hydrogen) atoms. The molecule has 1 aliphatic heterocycles. The van der Waals surface area contributed by atoms with Crippen LogP contribution in [0.3, 0.4) is 0 Å². The Hall–Kier alpha value is -1.87. The van der Waals surface area contributed by atoms with E-state index >= 15 is 0 Å². The Morgan fingerprint density at radius 2 is 1.82 bits per heavy atom. The van der Waals surface area contributed by atoms with Gasteiger partial charge in [-0.05, 0) is 49.1 Å². The molecule has 0 bridgehead atoms. The number of carbonyl (C=O) groups is 1. The van der Waals surface area contributed by atoms with Crippen molar-refractivity contribution in [3.05, 3.63) is 48.0 Å². The normalized spacial score (nSPS) is 15.2. The number of hydroxylamine groups is 1. The van der Waals surface area contributed by atoms with Crippen molar-refractivity contribution >= 4 is 29.6 Å². The zero-order chi connectivity index (χ0) is 19.9. The second kappa shape index (κ2) is 10.1. The van der Waals surface area contributed by atoms with E-state index in [9.17, 15) is 4.79 Å². The lowest BCUT2D eigenvalue weighted by atomic mass is 10.1. The maximum atomic E-state index is 12.2. The number of nitrogens with zero attached hydrogens (tertiary/aromatic N) is 1. The molecule has 1 saturated heterocycles. The van der Waals surface area contributed by atoms with Crippen molar-refractivity contribution in [2.75, 3.05) is 27.3 Å². The van der Waals surface area contributed by atoms with Gasteiger partial charge < -0.3 is 9.47 Å². The van der Waals surface area contributed by atoms with Gasteiger partial charge in [0.25, 0.3) is 5.91 Å². The molecule has 0 radical (unpaired) electrons. The van der Waals surface area contributed by atoms with Crippen molar-refractivity contribution < 1.29 is 19.5 Å². The predicted molar refractivity (Wildman–Crippen MR) is 112 cm³/mol. The van der Waals surface area contributed by atoms with E-state index in [1.54, 1.807) is 11.5 Å². The molecular weight excluding hydrogens is 396 g/mol. The molecule has 6 nitrogen and oxygen atoms in total. The first-order valence-corrected chi connectivity index (χ1v) is 10.7. The molecule has 1 fully saturated rings. The molecule has 2 aromatic carbocycles. The van der Waals surface area contributed by atoms with Crippen molar-refractivity contribution in [2.24, 2.45) is 0 Å². The number of amides is 1. The zero-order valence-electron chi connectivity index (χ0n) is 15.9. The zero-order valence-corrected chi connectivity index (χ0v) is 17.5. The van der Waals surface area contributed by atoms with Crippen molar-refractivity contribution in [2.45, 2.75) is 27.9 Å². The van der Waals surface area contributed by atoms with Crippen LogP contribution in [0.4, 0.5) is 0 Å². The van der Waals surface area contributed by atoms with E-state index in [-0.39, 0.29) is 5.56 Å². The van der Waals surface area contributed by atoms with Crippen LogP contribution in [0.1, 0.15) is 23.2 Å². The first-order valence-electron chi connectivity index (χ1n) is 9.00. The summed E-state index contributed by atoms with van der Waals surface area (Å²) in [5.41, 5.74) is 1.98. The minimum absolute atomic E-state index is 0.273. The van der Waals surface area contributed by atoms with Gasteiger partial charge in [0, 0.05) is 28.1 Å². The number of carbonyl (C=O) groups excluding carboxylic acids is 1. The topological polar surface area (TPSA) is 71.0 Å². The van der Waals surface area contributed by atoms with Gasteiger partial charge in [-0.25, -0.2) is 9.79 Å². The summed E-state index contributed by atoms with van der Waals surface area (Å²) < 4.78 is 12.9. The highest BCUT2D eigenvalue weighted by Crippen LogP contribution is 2.40. The van der Waals surface area contributed by atoms with Crippen LogP contribution in [-0.2, 0) is 0 Å². The fourth-order valence-corrected chi connectivity index (χ4v) is 5.35. The van der Waals surface area contributed by atoms with E-state index in [4.69, 9.17) is 14.7 Å². The summed E-state index contributed by atoms with van der Waals surface area (Å²) in [5.74, 6) is 0.143. The lowest BCUT2D eigenvalue weighted by molar-refractivity contribution is 0.0699. The van der Waals surface area contributed by atoms with Crippen molar-refractivity contribution in [1.82, 2.24) is 9.79 Å². The third-order valence-electron chi connectivity index (χ3n) is 4.51. The molecule has 2 aromatic rings. The summed E-state index contributed by atoms with van der Waals surface area (Å²) in [5, 5.41) is 9.74. The van der Waals surface area contributed by atoms with Gasteiger partial charge in [-0.15, -0.1) is 11.8 Å². The number of rotatable bonds is 7. The first kappa shape index (κ1) is 20.9. The fourth-order valence-electron chi connectivity index (χ4n) is 3.13. The van der Waals surface area contributed by atoms with Gasteiger partial charge in [-0.3, -0.25) is 10.0 Å². The van der Waals surface area contributed by atoms with Crippen molar-refractivity contribution in [3.63, 3.8) is 0 Å². The molecule has 1 amide bonds. The monoisotopic (exact) mass is 420 g/mol. The SMILES string of the molecule is COc1ccc(SN2CCC(Sc3ccccc3)CC2)c(C(=O)NO)c1OC. The van der Waals surface area contributed by atoms with Crippen molar-refractivity contribution in [1.29, 1.82) is 0 Å². The van der Waals surface area contributed by atoms with Crippen LogP contribution in [0.25, 0.3) is 0 Å². The predicted octanol–water partition coefficient (Wildman–Crippen LogP) is 4.09. The van der Waals surface area contributed by atoms with E-state index in [0.717, 1.165) is 30.8 Å². The smallest absolute Gasteiger partial charge is 0.279 e. The van der Waals surface area contributed by atoms with Gasteiger partial charge in [0.2, 0.25) is 0 Å². The summed E-state index contributed by atoms with van der Waals surface area (Å²) >= 11 is 3.43. The Balaban J connectivity index is 1.68. The van der Waals surface area contributed by atoms with E-state index in [1.165, 1.54) is 31.1 Å². The summed E-state index contributed by atoms with van der Waals surface area (Å²) in [4.78, 5) is 14.3. The fraction of sp³-hybridized carbons (Fsp3) is 0.350. The lowest BCUT2D eigenvalue weighted by Crippen LogP contribution is -2.30. The molecule has 150 valence electrons. The standard InChI is InChI=1S/C20H24N2O4S2/c1-25-16-8-9-17(18(19(16)26-2)20(23)21-24)28-22-12-10-15(11-13-22)27-14-6-4-3-5-7-14/h3-9,15,24H,10-13H2,1-2H3,(H,21,23). The average molecular weight is 421 g/mol. The Morgan fingerprint density at radius 3 is 2.43 bits per heavy atom. The minimum Gasteiger partial charge on any atom is -0.493 e. The van der Waals surface area contributed by atoms with Gasteiger partial charge in [-0.2, -0.15) is 0 Å². The maximum absolute atomic E-state index is 12.2. The average Bonchev–Trinajstić information content (AvgIpc) is 2.74.